The Labute approximate surface area is 68.6 Å². The zero-order valence-corrected chi connectivity index (χ0v) is 7.43. The first kappa shape index (κ1) is 10.7. The van der Waals surface area contributed by atoms with E-state index in [2.05, 4.69) is 6.58 Å². The van der Waals surface area contributed by atoms with E-state index in [0.717, 1.165) is 18.4 Å². The zero-order chi connectivity index (χ0) is 8.91. The molecule has 0 heterocycles. The normalized spacial score (nSPS) is 16.0. The Bertz CT molecular complexity index is 128. The van der Waals surface area contributed by atoms with Gasteiger partial charge in [0.2, 0.25) is 0 Å². The van der Waals surface area contributed by atoms with Crippen LogP contribution in [0.1, 0.15) is 33.1 Å². The van der Waals surface area contributed by atoms with Crippen LogP contribution in [0.2, 0.25) is 0 Å². The van der Waals surface area contributed by atoms with E-state index in [4.69, 9.17) is 5.11 Å². The highest BCUT2D eigenvalue weighted by molar-refractivity contribution is 4.88. The molecule has 11 heavy (non-hydrogen) atoms. The standard InChI is InChI=1S/C9H18O2/c1-8(2)5-4-6-9(3,11)7-10/h10-11H,1,4-7H2,2-3H3/t9-/m1/s1. The summed E-state index contributed by atoms with van der Waals surface area (Å²) in [4.78, 5) is 0. The SMILES string of the molecule is C=C(C)CCC[C@@](C)(O)CO. The van der Waals surface area contributed by atoms with Gasteiger partial charge in [-0.3, -0.25) is 0 Å². The molecule has 2 N–H and O–H groups in total. The average molecular weight is 158 g/mol. The molecule has 0 saturated heterocycles. The molecular weight excluding hydrogens is 140 g/mol. The van der Waals surface area contributed by atoms with E-state index >= 15 is 0 Å². The topological polar surface area (TPSA) is 40.5 Å². The van der Waals surface area contributed by atoms with E-state index in [9.17, 15) is 5.11 Å². The Hall–Kier alpha value is -0.340. The van der Waals surface area contributed by atoms with E-state index in [1.807, 2.05) is 6.92 Å². The maximum Gasteiger partial charge on any atom is 0.0849 e. The molecule has 0 aliphatic rings. The highest BCUT2D eigenvalue weighted by atomic mass is 16.3. The van der Waals surface area contributed by atoms with Crippen molar-refractivity contribution in [3.8, 4) is 0 Å². The van der Waals surface area contributed by atoms with Crippen LogP contribution >= 0.6 is 0 Å². The molecule has 0 fully saturated rings. The second-order valence-corrected chi connectivity index (χ2v) is 3.47. The Morgan fingerprint density at radius 2 is 2.09 bits per heavy atom. The Morgan fingerprint density at radius 1 is 1.55 bits per heavy atom. The summed E-state index contributed by atoms with van der Waals surface area (Å²) in [7, 11) is 0. The first-order chi connectivity index (χ1) is 4.98. The van der Waals surface area contributed by atoms with Gasteiger partial charge in [0.15, 0.2) is 0 Å². The lowest BCUT2D eigenvalue weighted by molar-refractivity contribution is -0.00639. The molecule has 2 heteroatoms. The Kier molecular flexibility index (Phi) is 4.38. The quantitative estimate of drug-likeness (QED) is 0.595. The molecule has 0 aromatic heterocycles. The van der Waals surface area contributed by atoms with E-state index in [1.165, 1.54) is 0 Å². The summed E-state index contributed by atoms with van der Waals surface area (Å²) in [6, 6.07) is 0. The largest absolute Gasteiger partial charge is 0.393 e. The minimum Gasteiger partial charge on any atom is -0.393 e. The van der Waals surface area contributed by atoms with Crippen molar-refractivity contribution in [2.24, 2.45) is 0 Å². The van der Waals surface area contributed by atoms with Crippen LogP contribution < -0.4 is 0 Å². The molecule has 0 unspecified atom stereocenters. The molecule has 0 aromatic carbocycles. The molecule has 0 amide bonds. The van der Waals surface area contributed by atoms with E-state index in [1.54, 1.807) is 6.92 Å². The summed E-state index contributed by atoms with van der Waals surface area (Å²) in [5.74, 6) is 0. The minimum absolute atomic E-state index is 0.164. The number of hydrogen-bond acceptors (Lipinski definition) is 2. The van der Waals surface area contributed by atoms with Gasteiger partial charge < -0.3 is 10.2 Å². The molecule has 0 aliphatic carbocycles. The smallest absolute Gasteiger partial charge is 0.0849 e. The van der Waals surface area contributed by atoms with Crippen LogP contribution in [-0.2, 0) is 0 Å². The fourth-order valence-electron chi connectivity index (χ4n) is 0.850. The predicted molar refractivity (Wildman–Crippen MR) is 46.4 cm³/mol. The Morgan fingerprint density at radius 3 is 2.45 bits per heavy atom. The monoisotopic (exact) mass is 158 g/mol. The van der Waals surface area contributed by atoms with Crippen LogP contribution in [0.5, 0.6) is 0 Å². The highest BCUT2D eigenvalue weighted by Gasteiger charge is 2.17. The molecule has 0 bridgehead atoms. The summed E-state index contributed by atoms with van der Waals surface area (Å²) in [5, 5.41) is 18.0. The summed E-state index contributed by atoms with van der Waals surface area (Å²) in [6.45, 7) is 7.20. The van der Waals surface area contributed by atoms with Crippen molar-refractivity contribution in [3.63, 3.8) is 0 Å². The maximum atomic E-state index is 9.36. The molecule has 0 spiro atoms. The lowest BCUT2D eigenvalue weighted by atomic mass is 9.99. The van der Waals surface area contributed by atoms with Gasteiger partial charge in [-0.1, -0.05) is 5.57 Å². The van der Waals surface area contributed by atoms with Crippen molar-refractivity contribution in [2.75, 3.05) is 6.61 Å². The average Bonchev–Trinajstić information content (AvgIpc) is 1.87. The maximum absolute atomic E-state index is 9.36. The zero-order valence-electron chi connectivity index (χ0n) is 7.43. The van der Waals surface area contributed by atoms with Crippen LogP contribution in [0, 0.1) is 0 Å². The molecule has 0 aromatic rings. The van der Waals surface area contributed by atoms with Gasteiger partial charge in [0, 0.05) is 0 Å². The van der Waals surface area contributed by atoms with Gasteiger partial charge >= 0.3 is 0 Å². The van der Waals surface area contributed by atoms with Gasteiger partial charge in [-0.25, -0.2) is 0 Å². The molecule has 1 atom stereocenters. The highest BCUT2D eigenvalue weighted by Crippen LogP contribution is 2.14. The van der Waals surface area contributed by atoms with Gasteiger partial charge in [0.1, 0.15) is 0 Å². The fourth-order valence-corrected chi connectivity index (χ4v) is 0.850. The van der Waals surface area contributed by atoms with E-state index in [0.29, 0.717) is 6.42 Å². The van der Waals surface area contributed by atoms with Crippen molar-refractivity contribution in [2.45, 2.75) is 38.7 Å². The number of rotatable bonds is 5. The third-order valence-corrected chi connectivity index (χ3v) is 1.66. The third kappa shape index (κ3) is 6.07. The van der Waals surface area contributed by atoms with Crippen LogP contribution in [0.4, 0.5) is 0 Å². The Balaban J connectivity index is 3.45. The third-order valence-electron chi connectivity index (χ3n) is 1.66. The molecular formula is C9H18O2. The summed E-state index contributed by atoms with van der Waals surface area (Å²) in [5.41, 5.74) is 0.217. The van der Waals surface area contributed by atoms with Crippen molar-refractivity contribution >= 4 is 0 Å². The van der Waals surface area contributed by atoms with E-state index < -0.39 is 5.60 Å². The van der Waals surface area contributed by atoms with Gasteiger partial charge in [-0.15, -0.1) is 6.58 Å². The summed E-state index contributed by atoms with van der Waals surface area (Å²) < 4.78 is 0. The lowest BCUT2D eigenvalue weighted by Crippen LogP contribution is -2.28. The second kappa shape index (κ2) is 4.52. The molecule has 0 saturated carbocycles. The van der Waals surface area contributed by atoms with E-state index in [-0.39, 0.29) is 6.61 Å². The van der Waals surface area contributed by atoms with Crippen LogP contribution in [-0.4, -0.2) is 22.4 Å². The number of allylic oxidation sites excluding steroid dienone is 1. The molecule has 2 nitrogen and oxygen atoms in total. The molecule has 66 valence electrons. The van der Waals surface area contributed by atoms with Crippen LogP contribution in [0.15, 0.2) is 12.2 Å². The fraction of sp³-hybridized carbons (Fsp3) is 0.778. The number of aliphatic hydroxyl groups excluding tert-OH is 1. The minimum atomic E-state index is -0.907. The first-order valence-electron chi connectivity index (χ1n) is 3.95. The second-order valence-electron chi connectivity index (χ2n) is 3.47. The van der Waals surface area contributed by atoms with Crippen LogP contribution in [0.3, 0.4) is 0 Å². The van der Waals surface area contributed by atoms with Crippen molar-refractivity contribution in [3.05, 3.63) is 12.2 Å². The van der Waals surface area contributed by atoms with Crippen molar-refractivity contribution in [1.29, 1.82) is 0 Å². The van der Waals surface area contributed by atoms with Crippen LogP contribution in [0.25, 0.3) is 0 Å². The predicted octanol–water partition coefficient (Wildman–Crippen LogP) is 1.48. The first-order valence-corrected chi connectivity index (χ1v) is 3.95. The van der Waals surface area contributed by atoms with Gasteiger partial charge in [0.05, 0.1) is 12.2 Å². The number of aliphatic hydroxyl groups is 2. The molecule has 0 rings (SSSR count). The van der Waals surface area contributed by atoms with Crippen molar-refractivity contribution in [1.82, 2.24) is 0 Å². The summed E-state index contributed by atoms with van der Waals surface area (Å²) >= 11 is 0. The van der Waals surface area contributed by atoms with Gasteiger partial charge in [0.25, 0.3) is 0 Å². The van der Waals surface area contributed by atoms with Gasteiger partial charge in [-0.2, -0.15) is 0 Å². The number of hydrogen-bond donors (Lipinski definition) is 2. The summed E-state index contributed by atoms with van der Waals surface area (Å²) in [6.07, 6.45) is 2.45. The lowest BCUT2D eigenvalue weighted by Gasteiger charge is -2.19. The molecule has 0 radical (unpaired) electrons. The molecule has 0 aliphatic heterocycles. The van der Waals surface area contributed by atoms with Crippen molar-refractivity contribution < 1.29 is 10.2 Å². The van der Waals surface area contributed by atoms with Gasteiger partial charge in [-0.05, 0) is 33.1 Å².